The van der Waals surface area contributed by atoms with Crippen LogP contribution in [-0.2, 0) is 4.79 Å². The van der Waals surface area contributed by atoms with E-state index in [-0.39, 0.29) is 30.3 Å². The van der Waals surface area contributed by atoms with Crippen molar-refractivity contribution in [1.82, 2.24) is 21.1 Å². The van der Waals surface area contributed by atoms with Gasteiger partial charge in [0.15, 0.2) is 11.6 Å². The van der Waals surface area contributed by atoms with E-state index in [4.69, 9.17) is 4.74 Å². The molecule has 0 aromatic heterocycles. The Balaban J connectivity index is 1.51. The van der Waals surface area contributed by atoms with Crippen LogP contribution < -0.4 is 20.9 Å². The minimum atomic E-state index is -0.299. The topological polar surface area (TPSA) is 82.7 Å². The van der Waals surface area contributed by atoms with Gasteiger partial charge in [-0.05, 0) is 68.1 Å². The minimum absolute atomic E-state index is 0.0723. The molecule has 0 spiro atoms. The van der Waals surface area contributed by atoms with Crippen molar-refractivity contribution in [3.8, 4) is 5.75 Å². The number of amides is 3. The van der Waals surface area contributed by atoms with E-state index in [0.717, 1.165) is 57.1 Å². The maximum absolute atomic E-state index is 14.4. The Bertz CT molecular complexity index is 796. The second-order valence-corrected chi connectivity index (χ2v) is 9.67. The number of imide groups is 1. The van der Waals surface area contributed by atoms with Gasteiger partial charge in [0.1, 0.15) is 6.54 Å². The van der Waals surface area contributed by atoms with Crippen LogP contribution in [-0.4, -0.2) is 43.1 Å². The Labute approximate surface area is 203 Å². The summed E-state index contributed by atoms with van der Waals surface area (Å²) >= 11 is 0. The summed E-state index contributed by atoms with van der Waals surface area (Å²) in [7, 11) is 0. The first-order chi connectivity index (χ1) is 16.5. The molecule has 1 unspecified atom stereocenters. The molecule has 1 saturated carbocycles. The molecule has 1 aliphatic heterocycles. The second-order valence-electron chi connectivity index (χ2n) is 9.67. The summed E-state index contributed by atoms with van der Waals surface area (Å²) in [4.78, 5) is 24.4. The summed E-state index contributed by atoms with van der Waals surface area (Å²) in [6.45, 7) is 6.56. The van der Waals surface area contributed by atoms with Crippen LogP contribution in [0.15, 0.2) is 18.2 Å². The van der Waals surface area contributed by atoms with Gasteiger partial charge >= 0.3 is 6.03 Å². The predicted octanol–water partition coefficient (Wildman–Crippen LogP) is 4.69. The lowest BCUT2D eigenvalue weighted by molar-refractivity contribution is -0.118. The van der Waals surface area contributed by atoms with Gasteiger partial charge in [-0.1, -0.05) is 39.2 Å². The number of unbranched alkanes of at least 4 members (excludes halogenated alkanes) is 2. The van der Waals surface area contributed by atoms with Gasteiger partial charge in [-0.15, -0.1) is 0 Å². The smallest absolute Gasteiger partial charge is 0.324 e. The fourth-order valence-electron chi connectivity index (χ4n) is 4.55. The second kappa shape index (κ2) is 13.6. The molecular formula is C26H41FN4O3. The molecule has 0 radical (unpaired) electrons. The number of hydrogen-bond donors (Lipinski definition) is 3. The first-order valence-corrected chi connectivity index (χ1v) is 13.0. The standard InChI is InChI=1S/C26H41FN4O3/c1-3-8-20(9-4-2)25(21-12-13-22(27)23(16-21)34-18-19-10-11-19)30-28-14-6-5-7-15-31-17-24(32)29-26(31)33/h12-13,16,19-20,25,28,30H,3-11,14-15,17-18H2,1-2H3,(H,29,32,33). The van der Waals surface area contributed by atoms with Gasteiger partial charge in [0.05, 0.1) is 6.61 Å². The maximum Gasteiger partial charge on any atom is 0.324 e. The number of nitrogens with zero attached hydrogens (tertiary/aromatic N) is 1. The van der Waals surface area contributed by atoms with E-state index < -0.39 is 0 Å². The summed E-state index contributed by atoms with van der Waals surface area (Å²) in [6.07, 6.45) is 9.51. The number of ether oxygens (including phenoxy) is 1. The van der Waals surface area contributed by atoms with Crippen molar-refractivity contribution in [1.29, 1.82) is 0 Å². The molecule has 1 atom stereocenters. The van der Waals surface area contributed by atoms with Crippen molar-refractivity contribution < 1.29 is 18.7 Å². The van der Waals surface area contributed by atoms with Crippen LogP contribution in [0, 0.1) is 17.7 Å². The molecule has 3 rings (SSSR count). The third-order valence-electron chi connectivity index (χ3n) is 6.63. The summed E-state index contributed by atoms with van der Waals surface area (Å²) < 4.78 is 20.2. The van der Waals surface area contributed by atoms with Gasteiger partial charge in [0, 0.05) is 19.1 Å². The van der Waals surface area contributed by atoms with Crippen molar-refractivity contribution >= 4 is 11.9 Å². The Kier molecular flexibility index (Phi) is 10.6. The molecule has 190 valence electrons. The molecule has 34 heavy (non-hydrogen) atoms. The first kappa shape index (κ1) is 26.4. The zero-order valence-corrected chi connectivity index (χ0v) is 20.7. The molecule has 3 N–H and O–H groups in total. The number of benzene rings is 1. The molecule has 0 bridgehead atoms. The van der Waals surface area contributed by atoms with Gasteiger partial charge in [-0.2, -0.15) is 0 Å². The molecule has 1 aromatic rings. The van der Waals surface area contributed by atoms with Gasteiger partial charge in [0.2, 0.25) is 5.91 Å². The van der Waals surface area contributed by atoms with Crippen molar-refractivity contribution in [2.24, 2.45) is 11.8 Å². The lowest BCUT2D eigenvalue weighted by Crippen LogP contribution is -2.39. The van der Waals surface area contributed by atoms with E-state index in [1.165, 1.54) is 18.9 Å². The van der Waals surface area contributed by atoms with Crippen LogP contribution in [0.5, 0.6) is 5.75 Å². The van der Waals surface area contributed by atoms with Crippen LogP contribution in [0.4, 0.5) is 9.18 Å². The average molecular weight is 477 g/mol. The number of hydrazine groups is 1. The Morgan fingerprint density at radius 2 is 1.91 bits per heavy atom. The van der Waals surface area contributed by atoms with Gasteiger partial charge in [0.25, 0.3) is 0 Å². The molecular weight excluding hydrogens is 435 g/mol. The fraction of sp³-hybridized carbons (Fsp3) is 0.692. The zero-order valence-electron chi connectivity index (χ0n) is 20.7. The van der Waals surface area contributed by atoms with Crippen molar-refractivity contribution in [2.75, 3.05) is 26.2 Å². The highest BCUT2D eigenvalue weighted by atomic mass is 19.1. The first-order valence-electron chi connectivity index (χ1n) is 13.0. The molecule has 1 aliphatic carbocycles. The molecule has 2 fully saturated rings. The fourth-order valence-corrected chi connectivity index (χ4v) is 4.55. The molecule has 7 nitrogen and oxygen atoms in total. The number of halogens is 1. The number of carbonyl (C=O) groups excluding carboxylic acids is 2. The van der Waals surface area contributed by atoms with Crippen LogP contribution in [0.25, 0.3) is 0 Å². The minimum Gasteiger partial charge on any atom is -0.490 e. The summed E-state index contributed by atoms with van der Waals surface area (Å²) in [6, 6.07) is 5.06. The monoisotopic (exact) mass is 476 g/mol. The highest BCUT2D eigenvalue weighted by Crippen LogP contribution is 2.34. The number of rotatable bonds is 17. The highest BCUT2D eigenvalue weighted by molar-refractivity contribution is 6.01. The van der Waals surface area contributed by atoms with Gasteiger partial charge in [-0.3, -0.25) is 21.0 Å². The van der Waals surface area contributed by atoms with E-state index in [1.807, 2.05) is 12.1 Å². The van der Waals surface area contributed by atoms with Gasteiger partial charge in [-0.25, -0.2) is 9.18 Å². The van der Waals surface area contributed by atoms with E-state index in [9.17, 15) is 14.0 Å². The number of hydrogen-bond acceptors (Lipinski definition) is 5. The SMILES string of the molecule is CCCC(CCC)C(NNCCCCCN1CC(=O)NC1=O)c1ccc(F)c(OCC2CC2)c1. The van der Waals surface area contributed by atoms with Crippen LogP contribution in [0.2, 0.25) is 0 Å². The van der Waals surface area contributed by atoms with Crippen molar-refractivity contribution in [3.63, 3.8) is 0 Å². The molecule has 2 aliphatic rings. The average Bonchev–Trinajstić information content (AvgIpc) is 3.58. The third kappa shape index (κ3) is 8.24. The summed E-state index contributed by atoms with van der Waals surface area (Å²) in [5.41, 5.74) is 7.97. The van der Waals surface area contributed by atoms with Crippen LogP contribution >= 0.6 is 0 Å². The molecule has 1 saturated heterocycles. The zero-order chi connectivity index (χ0) is 24.3. The molecule has 1 aromatic carbocycles. The van der Waals surface area contributed by atoms with Crippen molar-refractivity contribution in [2.45, 2.75) is 77.7 Å². The summed E-state index contributed by atoms with van der Waals surface area (Å²) in [5.74, 6) is 0.847. The normalized spacial score (nSPS) is 16.9. The lowest BCUT2D eigenvalue weighted by atomic mass is 9.86. The number of urea groups is 1. The number of carbonyl (C=O) groups is 2. The van der Waals surface area contributed by atoms with E-state index in [1.54, 1.807) is 4.90 Å². The van der Waals surface area contributed by atoms with Gasteiger partial charge < -0.3 is 9.64 Å². The molecule has 8 heteroatoms. The van der Waals surface area contributed by atoms with Crippen LogP contribution in [0.1, 0.15) is 83.2 Å². The predicted molar refractivity (Wildman–Crippen MR) is 131 cm³/mol. The Hall–Kier alpha value is -2.19. The van der Waals surface area contributed by atoms with E-state index in [2.05, 4.69) is 30.0 Å². The highest BCUT2D eigenvalue weighted by Gasteiger charge is 2.26. The summed E-state index contributed by atoms with van der Waals surface area (Å²) in [5, 5.41) is 2.30. The van der Waals surface area contributed by atoms with E-state index >= 15 is 0 Å². The quantitative estimate of drug-likeness (QED) is 0.173. The molecule has 3 amide bonds. The molecule has 1 heterocycles. The van der Waals surface area contributed by atoms with E-state index in [0.29, 0.717) is 30.7 Å². The lowest BCUT2D eigenvalue weighted by Gasteiger charge is -2.29. The third-order valence-corrected chi connectivity index (χ3v) is 6.63. The Morgan fingerprint density at radius 3 is 2.56 bits per heavy atom. The number of nitrogens with one attached hydrogen (secondary N) is 3. The van der Waals surface area contributed by atoms with Crippen molar-refractivity contribution in [3.05, 3.63) is 29.6 Å². The van der Waals surface area contributed by atoms with Crippen LogP contribution in [0.3, 0.4) is 0 Å². The maximum atomic E-state index is 14.4. The Morgan fingerprint density at radius 1 is 1.15 bits per heavy atom. The largest absolute Gasteiger partial charge is 0.490 e.